The van der Waals surface area contributed by atoms with E-state index in [0.717, 1.165) is 0 Å². The minimum absolute atomic E-state index is 0.350. The largest absolute Gasteiger partial charge is 0.350 e. The molecule has 0 fully saturated rings. The van der Waals surface area contributed by atoms with Crippen LogP contribution in [0.2, 0.25) is 0 Å². The Morgan fingerprint density at radius 1 is 0.952 bits per heavy atom. The van der Waals surface area contributed by atoms with Crippen molar-refractivity contribution in [3.63, 3.8) is 0 Å². The number of hydrogen-bond donors (Lipinski definition) is 3. The molecule has 2 amide bonds. The number of rotatable bonds is 0. The molecule has 104 valence electrons. The number of amides is 2. The number of carbonyl (C=O) groups excluding carboxylic acids is 2. The van der Waals surface area contributed by atoms with E-state index in [1.807, 2.05) is 0 Å². The molecule has 0 unspecified atom stereocenters. The zero-order valence-electron chi connectivity index (χ0n) is 10.7. The highest BCUT2D eigenvalue weighted by molar-refractivity contribution is 6.14. The van der Waals surface area contributed by atoms with E-state index in [2.05, 4.69) is 16.0 Å². The van der Waals surface area contributed by atoms with Crippen LogP contribution in [0.25, 0.3) is 0 Å². The van der Waals surface area contributed by atoms with Crippen molar-refractivity contribution in [1.29, 1.82) is 0 Å². The molecule has 0 saturated heterocycles. The Morgan fingerprint density at radius 2 is 1.76 bits per heavy atom. The van der Waals surface area contributed by atoms with Crippen LogP contribution in [0.3, 0.4) is 0 Å². The number of carbonyl (C=O) groups is 2. The molecule has 0 saturated carbocycles. The lowest BCUT2D eigenvalue weighted by Gasteiger charge is -2.35. The molecule has 2 aromatic rings. The Kier molecular flexibility index (Phi) is 2.16. The van der Waals surface area contributed by atoms with Crippen LogP contribution in [0.5, 0.6) is 0 Å². The molecule has 0 bridgehead atoms. The van der Waals surface area contributed by atoms with E-state index >= 15 is 0 Å². The van der Waals surface area contributed by atoms with Gasteiger partial charge in [-0.25, -0.2) is 4.39 Å². The second-order valence-electron chi connectivity index (χ2n) is 5.02. The van der Waals surface area contributed by atoms with Crippen LogP contribution in [-0.4, -0.2) is 11.8 Å². The Hall–Kier alpha value is -2.89. The summed E-state index contributed by atoms with van der Waals surface area (Å²) in [7, 11) is 0. The predicted molar refractivity (Wildman–Crippen MR) is 74.2 cm³/mol. The summed E-state index contributed by atoms with van der Waals surface area (Å²) in [6, 6.07) is 10.9. The summed E-state index contributed by atoms with van der Waals surface area (Å²) >= 11 is 0. The van der Waals surface area contributed by atoms with Crippen LogP contribution in [-0.2, 0) is 10.5 Å². The summed E-state index contributed by atoms with van der Waals surface area (Å²) in [4.78, 5) is 24.6. The van der Waals surface area contributed by atoms with Gasteiger partial charge in [0.25, 0.3) is 11.8 Å². The normalized spacial score (nSPS) is 22.1. The third kappa shape index (κ3) is 1.50. The first kappa shape index (κ1) is 11.9. The first-order valence-electron chi connectivity index (χ1n) is 6.41. The first-order chi connectivity index (χ1) is 10.1. The highest BCUT2D eigenvalue weighted by Gasteiger charge is 2.51. The average Bonchev–Trinajstić information content (AvgIpc) is 2.70. The SMILES string of the molecule is O=C1N[C@]2(Nc3ccccc31)C(=O)Nc1cc(F)ccc12. The molecule has 2 aromatic carbocycles. The number of para-hydroxylation sites is 1. The van der Waals surface area contributed by atoms with Crippen LogP contribution in [0.15, 0.2) is 42.5 Å². The molecule has 2 heterocycles. The van der Waals surface area contributed by atoms with Crippen LogP contribution < -0.4 is 16.0 Å². The summed E-state index contributed by atoms with van der Waals surface area (Å²) in [6.07, 6.45) is 0. The summed E-state index contributed by atoms with van der Waals surface area (Å²) in [5.41, 5.74) is 0.484. The topological polar surface area (TPSA) is 70.2 Å². The summed E-state index contributed by atoms with van der Waals surface area (Å²) in [5, 5.41) is 8.34. The van der Waals surface area contributed by atoms with E-state index in [4.69, 9.17) is 0 Å². The maximum absolute atomic E-state index is 13.3. The Morgan fingerprint density at radius 3 is 2.62 bits per heavy atom. The molecule has 1 atom stereocenters. The molecule has 0 aromatic heterocycles. The van der Waals surface area contributed by atoms with E-state index in [0.29, 0.717) is 22.5 Å². The van der Waals surface area contributed by atoms with E-state index in [-0.39, 0.29) is 5.91 Å². The molecule has 21 heavy (non-hydrogen) atoms. The highest BCUT2D eigenvalue weighted by Crippen LogP contribution is 2.40. The maximum Gasteiger partial charge on any atom is 0.275 e. The highest BCUT2D eigenvalue weighted by atomic mass is 19.1. The first-order valence-corrected chi connectivity index (χ1v) is 6.41. The zero-order chi connectivity index (χ0) is 14.6. The van der Waals surface area contributed by atoms with Gasteiger partial charge < -0.3 is 16.0 Å². The van der Waals surface area contributed by atoms with Crippen LogP contribution >= 0.6 is 0 Å². The Balaban J connectivity index is 1.91. The lowest BCUT2D eigenvalue weighted by molar-refractivity contribution is -0.120. The van der Waals surface area contributed by atoms with Crippen molar-refractivity contribution in [3.8, 4) is 0 Å². The number of benzene rings is 2. The summed E-state index contributed by atoms with van der Waals surface area (Å²) < 4.78 is 13.3. The van der Waals surface area contributed by atoms with Crippen LogP contribution in [0.4, 0.5) is 15.8 Å². The number of anilines is 2. The van der Waals surface area contributed by atoms with Gasteiger partial charge in [0.1, 0.15) is 5.82 Å². The minimum atomic E-state index is -1.39. The molecular formula is C15H10FN3O2. The van der Waals surface area contributed by atoms with E-state index in [9.17, 15) is 14.0 Å². The number of halogens is 1. The molecule has 0 aliphatic carbocycles. The number of nitrogens with one attached hydrogen (secondary N) is 3. The fourth-order valence-corrected chi connectivity index (χ4v) is 2.79. The van der Waals surface area contributed by atoms with E-state index < -0.39 is 17.4 Å². The molecular weight excluding hydrogens is 273 g/mol. The average molecular weight is 283 g/mol. The van der Waals surface area contributed by atoms with Gasteiger partial charge in [0.2, 0.25) is 5.66 Å². The smallest absolute Gasteiger partial charge is 0.275 e. The van der Waals surface area contributed by atoms with Crippen molar-refractivity contribution in [2.45, 2.75) is 5.66 Å². The lowest BCUT2D eigenvalue weighted by Crippen LogP contribution is -2.59. The minimum Gasteiger partial charge on any atom is -0.350 e. The standard InChI is InChI=1S/C15H10FN3O2/c16-8-5-6-10-12(7-8)17-14(21)15(10)18-11-4-2-1-3-9(11)13(20)19-15/h1-7,18H,(H,17,21)(H,19,20)/t15-/m0/s1. The lowest BCUT2D eigenvalue weighted by atomic mass is 9.95. The maximum atomic E-state index is 13.3. The quantitative estimate of drug-likeness (QED) is 0.690. The third-order valence-electron chi connectivity index (χ3n) is 3.77. The van der Waals surface area contributed by atoms with E-state index in [1.165, 1.54) is 18.2 Å². The zero-order valence-corrected chi connectivity index (χ0v) is 10.7. The van der Waals surface area contributed by atoms with Crippen molar-refractivity contribution in [1.82, 2.24) is 5.32 Å². The van der Waals surface area contributed by atoms with Gasteiger partial charge in [0.15, 0.2) is 0 Å². The summed E-state index contributed by atoms with van der Waals surface area (Å²) in [5.74, 6) is -1.24. The second kappa shape index (κ2) is 3.82. The van der Waals surface area contributed by atoms with Gasteiger partial charge >= 0.3 is 0 Å². The van der Waals surface area contributed by atoms with Gasteiger partial charge in [0.05, 0.1) is 11.3 Å². The fraction of sp³-hybridized carbons (Fsp3) is 0.0667. The van der Waals surface area contributed by atoms with Gasteiger partial charge in [-0.1, -0.05) is 12.1 Å². The molecule has 4 rings (SSSR count). The van der Waals surface area contributed by atoms with Crippen LogP contribution in [0, 0.1) is 5.82 Å². The van der Waals surface area contributed by atoms with Crippen LogP contribution in [0.1, 0.15) is 15.9 Å². The molecule has 1 spiro atoms. The molecule has 0 radical (unpaired) electrons. The summed E-state index contributed by atoms with van der Waals surface area (Å²) in [6.45, 7) is 0. The van der Waals surface area contributed by atoms with Crippen molar-refractivity contribution in [2.75, 3.05) is 10.6 Å². The Bertz CT molecular complexity index is 805. The molecule has 2 aliphatic rings. The third-order valence-corrected chi connectivity index (χ3v) is 3.77. The van der Waals surface area contributed by atoms with Crippen molar-refractivity contribution < 1.29 is 14.0 Å². The number of hydrogen-bond acceptors (Lipinski definition) is 3. The molecule has 3 N–H and O–H groups in total. The number of fused-ring (bicyclic) bond motifs is 3. The van der Waals surface area contributed by atoms with Gasteiger partial charge in [-0.15, -0.1) is 0 Å². The second-order valence-corrected chi connectivity index (χ2v) is 5.02. The molecule has 2 aliphatic heterocycles. The molecule has 6 heteroatoms. The van der Waals surface area contributed by atoms with Gasteiger partial charge in [-0.3, -0.25) is 9.59 Å². The van der Waals surface area contributed by atoms with Crippen molar-refractivity contribution >= 4 is 23.2 Å². The van der Waals surface area contributed by atoms with E-state index in [1.54, 1.807) is 24.3 Å². The Labute approximate surface area is 119 Å². The fourth-order valence-electron chi connectivity index (χ4n) is 2.79. The van der Waals surface area contributed by atoms with Gasteiger partial charge in [-0.2, -0.15) is 0 Å². The van der Waals surface area contributed by atoms with Crippen molar-refractivity contribution in [3.05, 3.63) is 59.4 Å². The predicted octanol–water partition coefficient (Wildman–Crippen LogP) is 1.79. The van der Waals surface area contributed by atoms with Gasteiger partial charge in [0, 0.05) is 11.3 Å². The van der Waals surface area contributed by atoms with Crippen molar-refractivity contribution in [2.24, 2.45) is 0 Å². The molecule has 5 nitrogen and oxygen atoms in total. The van der Waals surface area contributed by atoms with Gasteiger partial charge in [-0.05, 0) is 30.3 Å². The monoisotopic (exact) mass is 283 g/mol.